The van der Waals surface area contributed by atoms with Gasteiger partial charge in [-0.25, -0.2) is 0 Å². The Bertz CT molecular complexity index is 238. The van der Waals surface area contributed by atoms with Crippen LogP contribution in [0.2, 0.25) is 0 Å². The Kier molecular flexibility index (Phi) is 4.88. The summed E-state index contributed by atoms with van der Waals surface area (Å²) in [5, 5.41) is 0.254. The van der Waals surface area contributed by atoms with E-state index in [4.69, 9.17) is 12.2 Å². The molecule has 0 aromatic heterocycles. The zero-order valence-corrected chi connectivity index (χ0v) is 12.5. The first-order chi connectivity index (χ1) is 6.51. The monoisotopic (exact) mass is 247 g/mol. The van der Waals surface area contributed by atoms with E-state index in [2.05, 4.69) is 41.5 Å². The molecule has 15 heavy (non-hydrogen) atoms. The zero-order valence-electron chi connectivity index (χ0n) is 10.8. The molecule has 0 saturated carbocycles. The third-order valence-corrected chi connectivity index (χ3v) is 6.21. The van der Waals surface area contributed by atoms with Gasteiger partial charge >= 0.3 is 0 Å². The lowest BCUT2D eigenvalue weighted by atomic mass is 10.2. The highest BCUT2D eigenvalue weighted by Gasteiger charge is 2.38. The zero-order chi connectivity index (χ0) is 12.4. The molecule has 0 heterocycles. The molecule has 0 rings (SSSR count). The topological polar surface area (TPSA) is 20.3 Å². The van der Waals surface area contributed by atoms with E-state index in [0.29, 0.717) is 0 Å². The van der Waals surface area contributed by atoms with Crippen molar-refractivity contribution in [2.75, 3.05) is 7.05 Å². The van der Waals surface area contributed by atoms with Crippen LogP contribution in [-0.4, -0.2) is 33.4 Å². The summed E-state index contributed by atoms with van der Waals surface area (Å²) in [5.74, 6) is 0. The van der Waals surface area contributed by atoms with Crippen molar-refractivity contribution in [1.29, 1.82) is 0 Å². The summed E-state index contributed by atoms with van der Waals surface area (Å²) in [6, 6.07) is 0. The molecule has 0 aliphatic rings. The number of rotatable bonds is 2. The molecule has 88 valence electrons. The van der Waals surface area contributed by atoms with Gasteiger partial charge in [0.1, 0.15) is 4.73 Å². The van der Waals surface area contributed by atoms with Crippen LogP contribution >= 0.6 is 20.1 Å². The van der Waals surface area contributed by atoms with Crippen LogP contribution in [0.1, 0.15) is 41.5 Å². The van der Waals surface area contributed by atoms with Gasteiger partial charge in [-0.3, -0.25) is 4.79 Å². The molecule has 0 atom stereocenters. The van der Waals surface area contributed by atoms with Gasteiger partial charge in [0.15, 0.2) is 0 Å². The Morgan fingerprint density at radius 3 is 1.67 bits per heavy atom. The van der Waals surface area contributed by atoms with Gasteiger partial charge in [-0.1, -0.05) is 53.8 Å². The van der Waals surface area contributed by atoms with E-state index in [-0.39, 0.29) is 10.3 Å². The average molecular weight is 247 g/mol. The van der Waals surface area contributed by atoms with Gasteiger partial charge in [-0.15, -0.1) is 0 Å². The number of carbonyl (C=O) groups is 1. The molecule has 0 unspecified atom stereocenters. The number of carbonyl (C=O) groups excluding carboxylic acids is 1. The number of hydrogen-bond donors (Lipinski definition) is 0. The van der Waals surface area contributed by atoms with E-state index in [1.54, 1.807) is 7.05 Å². The van der Waals surface area contributed by atoms with Gasteiger partial charge in [0, 0.05) is 7.05 Å². The maximum absolute atomic E-state index is 10.8. The highest BCUT2D eigenvalue weighted by Crippen LogP contribution is 2.60. The Morgan fingerprint density at radius 1 is 1.13 bits per heavy atom. The fraction of sp³-hybridized carbons (Fsp3) is 0.818. The predicted molar refractivity (Wildman–Crippen MR) is 72.9 cm³/mol. The molecule has 0 aromatic rings. The van der Waals surface area contributed by atoms with E-state index in [1.165, 1.54) is 4.90 Å². The molecule has 0 aliphatic carbocycles. The quantitative estimate of drug-likeness (QED) is 0.423. The van der Waals surface area contributed by atoms with E-state index >= 15 is 0 Å². The minimum Gasteiger partial charge on any atom is -0.309 e. The minimum absolute atomic E-state index is 0.127. The van der Waals surface area contributed by atoms with Crippen molar-refractivity contribution >= 4 is 31.3 Å². The summed E-state index contributed by atoms with van der Waals surface area (Å²) in [7, 11) is 1.22. The molecule has 0 N–H and O–H groups in total. The van der Waals surface area contributed by atoms with Crippen LogP contribution in [-0.2, 0) is 4.79 Å². The summed E-state index contributed by atoms with van der Waals surface area (Å²) in [6.45, 7) is 13.1. The molecule has 4 heteroatoms. The van der Waals surface area contributed by atoms with Crippen molar-refractivity contribution in [3.63, 3.8) is 0 Å². The maximum atomic E-state index is 10.8. The van der Waals surface area contributed by atoms with Gasteiger partial charge in [0.25, 0.3) is 0 Å². The van der Waals surface area contributed by atoms with Gasteiger partial charge in [-0.05, 0) is 18.2 Å². The Balaban J connectivity index is 5.15. The maximum Gasteiger partial charge on any atom is 0.214 e. The molecular weight excluding hydrogens is 225 g/mol. The Labute approximate surface area is 100 Å². The second kappa shape index (κ2) is 4.88. The van der Waals surface area contributed by atoms with Crippen molar-refractivity contribution in [3.05, 3.63) is 0 Å². The molecule has 0 saturated heterocycles. The summed E-state index contributed by atoms with van der Waals surface area (Å²) < 4.78 is 0.792. The first-order valence-electron chi connectivity index (χ1n) is 5.04. The lowest BCUT2D eigenvalue weighted by Crippen LogP contribution is -2.35. The highest BCUT2D eigenvalue weighted by atomic mass is 32.1. The van der Waals surface area contributed by atoms with Crippen molar-refractivity contribution in [2.45, 2.75) is 51.9 Å². The molecule has 0 aliphatic heterocycles. The lowest BCUT2D eigenvalue weighted by Gasteiger charge is -2.42. The standard InChI is InChI=1S/C11H22NOPS/c1-10(2,3)14(11(4,5)6)9(15)12(7)8-13/h8H,1-7H3. The summed E-state index contributed by atoms with van der Waals surface area (Å²) in [4.78, 5) is 12.3. The molecule has 1 amide bonds. The molecule has 0 radical (unpaired) electrons. The SMILES string of the molecule is CN(C=O)C(=S)P(C(C)(C)C)C(C)(C)C. The summed E-state index contributed by atoms with van der Waals surface area (Å²) in [5.41, 5.74) is 0. The third-order valence-electron chi connectivity index (χ3n) is 1.99. The van der Waals surface area contributed by atoms with Crippen LogP contribution in [0.5, 0.6) is 0 Å². The van der Waals surface area contributed by atoms with Gasteiger partial charge < -0.3 is 4.90 Å². The van der Waals surface area contributed by atoms with Crippen molar-refractivity contribution in [3.8, 4) is 0 Å². The van der Waals surface area contributed by atoms with Gasteiger partial charge in [-0.2, -0.15) is 0 Å². The first kappa shape index (κ1) is 15.0. The van der Waals surface area contributed by atoms with E-state index in [9.17, 15) is 4.79 Å². The van der Waals surface area contributed by atoms with Gasteiger partial charge in [0.05, 0.1) is 0 Å². The van der Waals surface area contributed by atoms with E-state index < -0.39 is 7.92 Å². The van der Waals surface area contributed by atoms with E-state index in [0.717, 1.165) is 11.1 Å². The highest BCUT2D eigenvalue weighted by molar-refractivity contribution is 7.99. The van der Waals surface area contributed by atoms with Gasteiger partial charge in [0.2, 0.25) is 6.41 Å². The molecular formula is C11H22NOPS. The first-order valence-corrected chi connectivity index (χ1v) is 6.79. The molecule has 0 bridgehead atoms. The molecule has 0 spiro atoms. The Hall–Kier alpha value is -0.0100. The largest absolute Gasteiger partial charge is 0.309 e. The number of nitrogens with zero attached hydrogens (tertiary/aromatic N) is 1. The van der Waals surface area contributed by atoms with Crippen LogP contribution in [0.25, 0.3) is 0 Å². The Morgan fingerprint density at radius 2 is 1.47 bits per heavy atom. The van der Waals surface area contributed by atoms with Crippen LogP contribution in [0.3, 0.4) is 0 Å². The van der Waals surface area contributed by atoms with Crippen molar-refractivity contribution in [2.24, 2.45) is 0 Å². The van der Waals surface area contributed by atoms with E-state index in [1.807, 2.05) is 0 Å². The number of thiocarbonyl (C=S) groups is 1. The fourth-order valence-electron chi connectivity index (χ4n) is 1.78. The fourth-order valence-corrected chi connectivity index (χ4v) is 6.99. The second-order valence-corrected chi connectivity index (χ2v) is 10.1. The summed E-state index contributed by atoms with van der Waals surface area (Å²) >= 11 is 5.42. The minimum atomic E-state index is -0.523. The number of hydrogen-bond acceptors (Lipinski definition) is 2. The average Bonchev–Trinajstić information content (AvgIpc) is 1.97. The second-order valence-electron chi connectivity index (χ2n) is 5.68. The molecule has 0 aromatic carbocycles. The van der Waals surface area contributed by atoms with Crippen molar-refractivity contribution < 1.29 is 4.79 Å². The van der Waals surface area contributed by atoms with Crippen LogP contribution in [0.4, 0.5) is 0 Å². The lowest BCUT2D eigenvalue weighted by molar-refractivity contribution is -0.113. The number of amides is 1. The smallest absolute Gasteiger partial charge is 0.214 e. The third kappa shape index (κ3) is 4.16. The van der Waals surface area contributed by atoms with Crippen LogP contribution in [0, 0.1) is 0 Å². The van der Waals surface area contributed by atoms with Crippen molar-refractivity contribution in [1.82, 2.24) is 4.90 Å². The van der Waals surface area contributed by atoms with Crippen LogP contribution < -0.4 is 0 Å². The predicted octanol–water partition coefficient (Wildman–Crippen LogP) is 3.44. The molecule has 2 nitrogen and oxygen atoms in total. The molecule has 0 fully saturated rings. The normalized spacial score (nSPS) is 12.8. The van der Waals surface area contributed by atoms with Crippen LogP contribution in [0.15, 0.2) is 0 Å². The summed E-state index contributed by atoms with van der Waals surface area (Å²) in [6.07, 6.45) is 0.801.